The number of fused-ring (bicyclic) bond motifs is 4. The smallest absolute Gasteiger partial charge is 0.308 e. The first-order chi connectivity index (χ1) is 51.4. The topological polar surface area (TPSA) is 191 Å². The van der Waals surface area contributed by atoms with E-state index >= 15 is 4.57 Å². The van der Waals surface area contributed by atoms with Gasteiger partial charge in [0.1, 0.15) is 141 Å². The molecule has 4 saturated heterocycles. The summed E-state index contributed by atoms with van der Waals surface area (Å²) in [6.07, 6.45) is 4.57. The minimum atomic E-state index is -3.76. The van der Waals surface area contributed by atoms with Crippen molar-refractivity contribution in [3.05, 3.63) is 261 Å². The average molecular weight is 1450 g/mol. The van der Waals surface area contributed by atoms with Crippen LogP contribution < -0.4 is 53.0 Å². The summed E-state index contributed by atoms with van der Waals surface area (Å²) in [6, 6.07) is 81.7. The molecular formula is C88H107O16P. The van der Waals surface area contributed by atoms with E-state index in [0.717, 1.165) is 65.9 Å². The summed E-state index contributed by atoms with van der Waals surface area (Å²) < 4.78 is 86.9. The van der Waals surface area contributed by atoms with Crippen molar-refractivity contribution in [3.63, 3.8) is 0 Å². The Labute approximate surface area is 622 Å². The maximum atomic E-state index is 15.3. The molecule has 2 N–H and O–H groups in total. The third-order valence-corrected chi connectivity index (χ3v) is 16.9. The van der Waals surface area contributed by atoms with Gasteiger partial charge in [-0.2, -0.15) is 0 Å². The fourth-order valence-electron chi connectivity index (χ4n) is 9.18. The monoisotopic (exact) mass is 1450 g/mol. The van der Waals surface area contributed by atoms with E-state index in [1.54, 1.807) is 18.2 Å². The van der Waals surface area contributed by atoms with Gasteiger partial charge in [-0.1, -0.05) is 233 Å². The normalized spacial score (nSPS) is 17.1. The first-order valence-electron chi connectivity index (χ1n) is 36.6. The summed E-state index contributed by atoms with van der Waals surface area (Å²) in [4.78, 5) is 0. The van der Waals surface area contributed by atoms with Crippen LogP contribution in [0.15, 0.2) is 261 Å². The van der Waals surface area contributed by atoms with Crippen LogP contribution in [-0.2, 0) is 23.5 Å². The molecule has 16 nitrogen and oxygen atoms in total. The molecule has 4 fully saturated rings. The number of rotatable bonds is 25. The molecule has 0 radical (unpaired) electrons. The van der Waals surface area contributed by atoms with Crippen molar-refractivity contribution in [1.29, 1.82) is 0 Å². The van der Waals surface area contributed by atoms with Crippen LogP contribution in [0.25, 0.3) is 21.9 Å². The van der Waals surface area contributed by atoms with E-state index in [2.05, 4.69) is 55.4 Å². The third-order valence-electron chi connectivity index (χ3n) is 14.4. The summed E-state index contributed by atoms with van der Waals surface area (Å²) in [7, 11) is -3.76. The lowest BCUT2D eigenvalue weighted by Crippen LogP contribution is -2.27. The largest absolute Gasteiger partial charge is 0.491 e. The van der Waals surface area contributed by atoms with Gasteiger partial charge in [0.05, 0.1) is 37.0 Å². The fraction of sp³-hybridized carbons (Fsp3) is 0.341. The molecule has 5 heterocycles. The Bertz CT molecular complexity index is 3720. The van der Waals surface area contributed by atoms with Crippen LogP contribution in [0.4, 0.5) is 0 Å². The fourth-order valence-corrected chi connectivity index (χ4v) is 11.7. The highest BCUT2D eigenvalue weighted by Crippen LogP contribution is 2.55. The molecule has 0 bridgehead atoms. The number of benzene rings is 10. The molecule has 0 amide bonds. The molecule has 0 spiro atoms. The van der Waals surface area contributed by atoms with Gasteiger partial charge in [-0.3, -0.25) is 4.57 Å². The van der Waals surface area contributed by atoms with E-state index in [-0.39, 0.29) is 26.4 Å². The van der Waals surface area contributed by atoms with Gasteiger partial charge in [0.2, 0.25) is 0 Å². The van der Waals surface area contributed by atoms with E-state index in [1.807, 2.05) is 243 Å². The Morgan fingerprint density at radius 2 is 0.610 bits per heavy atom. The number of aliphatic hydroxyl groups is 2. The maximum absolute atomic E-state index is 15.3. The lowest BCUT2D eigenvalue weighted by molar-refractivity contribution is 0.0626. The van der Waals surface area contributed by atoms with Gasteiger partial charge >= 0.3 is 7.37 Å². The van der Waals surface area contributed by atoms with E-state index < -0.39 is 19.6 Å². The molecule has 0 aromatic heterocycles. The van der Waals surface area contributed by atoms with Crippen LogP contribution in [0.1, 0.15) is 81.1 Å². The van der Waals surface area contributed by atoms with E-state index in [1.165, 1.54) is 25.7 Å². The second kappa shape index (κ2) is 47.9. The van der Waals surface area contributed by atoms with E-state index in [4.69, 9.17) is 61.4 Å². The number of aliphatic hydroxyl groups excluding tert-OH is 2. The number of ether oxygens (including phenoxy) is 12. The zero-order chi connectivity index (χ0) is 74.5. The van der Waals surface area contributed by atoms with Crippen molar-refractivity contribution < 1.29 is 76.1 Å². The Morgan fingerprint density at radius 1 is 0.324 bits per heavy atom. The van der Waals surface area contributed by atoms with Crippen molar-refractivity contribution in [2.45, 2.75) is 118 Å². The van der Waals surface area contributed by atoms with Gasteiger partial charge in [0.15, 0.2) is 0 Å². The molecule has 105 heavy (non-hydrogen) atoms. The Morgan fingerprint density at radius 3 is 0.952 bits per heavy atom. The number of epoxide rings is 4. The molecule has 560 valence electrons. The first-order valence-corrected chi connectivity index (χ1v) is 38.3. The molecule has 5 aliphatic heterocycles. The lowest BCUT2D eigenvalue weighted by Gasteiger charge is -2.30. The molecule has 10 aromatic carbocycles. The molecule has 15 rings (SSSR count). The SMILES string of the molecule is CCC.CCC.CCC.CCC.O=P1(c2cc(OCC(O)COc3ccccc3)cc3ccc(OCC(O)COc4ccccc4)cc23)Oc2ccccc2-c2ccccc21.c1ccc(OCC2CO2)cc1.c1ccc(OCC2CO2)cc1.c1ccc(OCC2CO2)cc1.c1ccc(OCC2CO2)cc1. The standard InChI is InChI=1S/C40H35O8P.4C9H10O2.4C3H8/c41-29(24-44-31-11-3-1-4-12-31)26-46-33-20-19-28-21-34(47-27-30(42)25-45-32-13-5-2-6-14-32)23-40(37(28)22-33)49(43)39-18-10-8-16-36(39)35-15-7-9-17-38(35)48-49;4*1-2-4-8(5-3-1)10-6-9-7-11-9;4*1-3-2/h1-23,29-30,41-42H,24-27H2;4*1-5,9H,6-7H2;4*3H2,1-2H3. The number of hydrogen-bond donors (Lipinski definition) is 2. The van der Waals surface area contributed by atoms with E-state index in [9.17, 15) is 10.2 Å². The molecule has 5 aliphatic rings. The molecule has 17 heteroatoms. The highest BCUT2D eigenvalue weighted by molar-refractivity contribution is 7.75. The van der Waals surface area contributed by atoms with Crippen LogP contribution in [0.3, 0.4) is 0 Å². The molecule has 0 saturated carbocycles. The molecule has 0 aliphatic carbocycles. The van der Waals surface area contributed by atoms with Crippen LogP contribution >= 0.6 is 7.37 Å². The van der Waals surface area contributed by atoms with Crippen molar-refractivity contribution in [2.75, 3.05) is 79.3 Å². The minimum Gasteiger partial charge on any atom is -0.491 e. The van der Waals surface area contributed by atoms with Crippen LogP contribution in [-0.4, -0.2) is 126 Å². The van der Waals surface area contributed by atoms with Crippen LogP contribution in [0.2, 0.25) is 0 Å². The summed E-state index contributed by atoms with van der Waals surface area (Å²) in [5, 5.41) is 23.6. The molecular weight excluding hydrogens is 1340 g/mol. The quantitative estimate of drug-likeness (QED) is 0.0405. The second-order valence-corrected chi connectivity index (χ2v) is 27.1. The van der Waals surface area contributed by atoms with Gasteiger partial charge in [-0.05, 0) is 126 Å². The lowest BCUT2D eigenvalue weighted by atomic mass is 10.0. The highest BCUT2D eigenvalue weighted by atomic mass is 31.2. The van der Waals surface area contributed by atoms with Gasteiger partial charge in [-0.15, -0.1) is 0 Å². The second-order valence-electron chi connectivity index (χ2n) is 24.8. The maximum Gasteiger partial charge on any atom is 0.308 e. The minimum absolute atomic E-state index is 0.0117. The van der Waals surface area contributed by atoms with E-state index in [0.29, 0.717) is 95.6 Å². The van der Waals surface area contributed by atoms with Gasteiger partial charge in [-0.25, -0.2) is 0 Å². The number of hydrogen-bond acceptors (Lipinski definition) is 16. The zero-order valence-electron chi connectivity index (χ0n) is 62.2. The highest BCUT2D eigenvalue weighted by Gasteiger charge is 2.39. The van der Waals surface area contributed by atoms with Crippen LogP contribution in [0.5, 0.6) is 51.7 Å². The Kier molecular flexibility index (Phi) is 37.8. The Hall–Kier alpha value is -9.35. The third kappa shape index (κ3) is 32.3. The van der Waals surface area contributed by atoms with Crippen molar-refractivity contribution in [2.24, 2.45) is 0 Å². The average Bonchev–Trinajstić information content (AvgIpc) is 1.72. The summed E-state index contributed by atoms with van der Waals surface area (Å²) in [5.41, 5.74) is 1.69. The molecule has 10 aromatic rings. The summed E-state index contributed by atoms with van der Waals surface area (Å²) in [6.45, 7) is 23.2. The first kappa shape index (κ1) is 82.9. The molecule has 7 unspecified atom stereocenters. The summed E-state index contributed by atoms with van der Waals surface area (Å²) >= 11 is 0. The Balaban J connectivity index is 0.000000218. The van der Waals surface area contributed by atoms with Gasteiger partial charge in [0, 0.05) is 5.56 Å². The van der Waals surface area contributed by atoms with Crippen molar-refractivity contribution in [3.8, 4) is 62.9 Å². The van der Waals surface area contributed by atoms with Crippen LogP contribution in [0, 0.1) is 0 Å². The van der Waals surface area contributed by atoms with Gasteiger partial charge in [0.25, 0.3) is 0 Å². The van der Waals surface area contributed by atoms with Crippen molar-refractivity contribution >= 4 is 28.8 Å². The summed E-state index contributed by atoms with van der Waals surface area (Å²) in [5.74, 6) is 6.40. The zero-order valence-corrected chi connectivity index (χ0v) is 63.1. The molecule has 7 atom stereocenters. The predicted molar refractivity (Wildman–Crippen MR) is 421 cm³/mol. The predicted octanol–water partition coefficient (Wildman–Crippen LogP) is 18.3. The van der Waals surface area contributed by atoms with Crippen molar-refractivity contribution in [1.82, 2.24) is 0 Å². The van der Waals surface area contributed by atoms with Gasteiger partial charge < -0.3 is 71.6 Å². The number of para-hydroxylation sites is 7.